The molecule has 0 aliphatic carbocycles. The molecule has 2 aromatic carbocycles. The summed E-state index contributed by atoms with van der Waals surface area (Å²) < 4.78 is 7.61. The van der Waals surface area contributed by atoms with E-state index in [0.717, 1.165) is 41.0 Å². The number of thiophene rings is 1. The van der Waals surface area contributed by atoms with E-state index in [9.17, 15) is 9.59 Å². The molecule has 0 spiro atoms. The molecule has 1 atom stereocenters. The second-order valence-corrected chi connectivity index (χ2v) is 9.74. The van der Waals surface area contributed by atoms with Gasteiger partial charge < -0.3 is 19.9 Å². The predicted octanol–water partition coefficient (Wildman–Crippen LogP) is 4.76. The lowest BCUT2D eigenvalue weighted by Gasteiger charge is -2.15. The van der Waals surface area contributed by atoms with E-state index in [1.165, 1.54) is 4.88 Å². The Morgan fingerprint density at radius 3 is 2.69 bits per heavy atom. The molecule has 1 unspecified atom stereocenters. The summed E-state index contributed by atoms with van der Waals surface area (Å²) in [5.41, 5.74) is 3.31. The van der Waals surface area contributed by atoms with Gasteiger partial charge in [-0.15, -0.1) is 11.3 Å². The summed E-state index contributed by atoms with van der Waals surface area (Å²) in [4.78, 5) is 31.2. The Kier molecular flexibility index (Phi) is 8.38. The summed E-state index contributed by atoms with van der Waals surface area (Å²) in [5, 5.41) is 7.64. The Bertz CT molecular complexity index is 1330. The van der Waals surface area contributed by atoms with Gasteiger partial charge in [0.15, 0.2) is 0 Å². The number of benzene rings is 2. The maximum atomic E-state index is 12.8. The molecule has 0 saturated carbocycles. The number of carbonyl (C=O) groups excluding carboxylic acids is 2. The molecule has 2 aromatic heterocycles. The van der Waals surface area contributed by atoms with Crippen LogP contribution in [0.15, 0.2) is 60.0 Å². The lowest BCUT2D eigenvalue weighted by molar-refractivity contribution is -0.120. The van der Waals surface area contributed by atoms with Crippen molar-refractivity contribution in [3.8, 4) is 5.75 Å². The van der Waals surface area contributed by atoms with Crippen LogP contribution in [-0.4, -0.2) is 41.6 Å². The smallest absolute Gasteiger partial charge is 0.251 e. The van der Waals surface area contributed by atoms with Crippen molar-refractivity contribution < 1.29 is 14.3 Å². The van der Waals surface area contributed by atoms with E-state index in [1.807, 2.05) is 36.4 Å². The lowest BCUT2D eigenvalue weighted by atomic mass is 10.1. The average molecular weight is 505 g/mol. The minimum atomic E-state index is -0.297. The number of aromatic nitrogens is 2. The summed E-state index contributed by atoms with van der Waals surface area (Å²) in [6.07, 6.45) is 2.39. The first-order valence-corrected chi connectivity index (χ1v) is 13.1. The van der Waals surface area contributed by atoms with Crippen LogP contribution < -0.4 is 15.4 Å². The fourth-order valence-electron chi connectivity index (χ4n) is 4.23. The zero-order valence-electron chi connectivity index (χ0n) is 20.9. The largest absolute Gasteiger partial charge is 0.496 e. The van der Waals surface area contributed by atoms with Crippen LogP contribution in [0, 0.1) is 0 Å². The van der Waals surface area contributed by atoms with E-state index in [4.69, 9.17) is 9.72 Å². The van der Waals surface area contributed by atoms with Crippen molar-refractivity contribution in [2.45, 2.75) is 39.2 Å². The number of hydrogen-bond acceptors (Lipinski definition) is 5. The Labute approximate surface area is 215 Å². The molecular formula is C28H32N4O3S. The summed E-state index contributed by atoms with van der Waals surface area (Å²) in [6.45, 7) is 4.72. The fourth-order valence-corrected chi connectivity index (χ4v) is 4.93. The molecule has 0 aliphatic rings. The van der Waals surface area contributed by atoms with Gasteiger partial charge in [0, 0.05) is 29.4 Å². The average Bonchev–Trinajstić information content (AvgIpc) is 3.54. The summed E-state index contributed by atoms with van der Waals surface area (Å²) >= 11 is 1.72. The number of carbonyl (C=O) groups is 2. The molecule has 188 valence electrons. The van der Waals surface area contributed by atoms with Crippen molar-refractivity contribution >= 4 is 34.2 Å². The second kappa shape index (κ2) is 11.9. The van der Waals surface area contributed by atoms with Gasteiger partial charge in [-0.2, -0.15) is 0 Å². The Morgan fingerprint density at radius 1 is 1.11 bits per heavy atom. The van der Waals surface area contributed by atoms with Gasteiger partial charge in [-0.05, 0) is 61.0 Å². The number of para-hydroxylation sites is 1. The van der Waals surface area contributed by atoms with Gasteiger partial charge in [0.25, 0.3) is 5.91 Å². The molecule has 0 aliphatic heterocycles. The predicted molar refractivity (Wildman–Crippen MR) is 144 cm³/mol. The topological polar surface area (TPSA) is 85.2 Å². The number of rotatable bonds is 11. The van der Waals surface area contributed by atoms with Gasteiger partial charge in [0.1, 0.15) is 11.6 Å². The van der Waals surface area contributed by atoms with E-state index in [-0.39, 0.29) is 18.4 Å². The molecule has 0 radical (unpaired) electrons. The minimum absolute atomic E-state index is 0.0896. The van der Waals surface area contributed by atoms with Gasteiger partial charge in [-0.25, -0.2) is 4.98 Å². The summed E-state index contributed by atoms with van der Waals surface area (Å²) in [7, 11) is 1.63. The molecule has 4 rings (SSSR count). The molecule has 36 heavy (non-hydrogen) atoms. The zero-order valence-corrected chi connectivity index (χ0v) is 21.7. The van der Waals surface area contributed by atoms with Crippen LogP contribution in [0.1, 0.15) is 52.9 Å². The van der Waals surface area contributed by atoms with Gasteiger partial charge in [-0.1, -0.05) is 31.2 Å². The van der Waals surface area contributed by atoms with E-state index in [0.29, 0.717) is 24.6 Å². The molecule has 0 fully saturated rings. The highest BCUT2D eigenvalue weighted by molar-refractivity contribution is 7.09. The van der Waals surface area contributed by atoms with E-state index < -0.39 is 0 Å². The number of nitrogens with one attached hydrogen (secondary N) is 2. The molecule has 8 heteroatoms. The van der Waals surface area contributed by atoms with Gasteiger partial charge in [0.2, 0.25) is 5.91 Å². The maximum Gasteiger partial charge on any atom is 0.251 e. The third-order valence-electron chi connectivity index (χ3n) is 6.29. The standard InChI is InChI=1S/C28H32N4O3S/c1-4-19(2)32-24-12-11-21(16-23(24)31-26(32)17-22-9-7-15-36-22)28(34)30-18-27(33)29-14-13-20-8-5-6-10-25(20)35-3/h5-12,15-16,19H,4,13-14,17-18H2,1-3H3,(H,29,33)(H,30,34). The Hall–Kier alpha value is -3.65. The van der Waals surface area contributed by atoms with Crippen molar-refractivity contribution in [2.24, 2.45) is 0 Å². The fraction of sp³-hybridized carbons (Fsp3) is 0.321. The van der Waals surface area contributed by atoms with Gasteiger partial charge in [-0.3, -0.25) is 9.59 Å². The van der Waals surface area contributed by atoms with Crippen LogP contribution in [0.2, 0.25) is 0 Å². The van der Waals surface area contributed by atoms with Crippen LogP contribution in [0.4, 0.5) is 0 Å². The number of imidazole rings is 1. The first-order valence-electron chi connectivity index (χ1n) is 12.2. The van der Waals surface area contributed by atoms with Crippen molar-refractivity contribution in [1.82, 2.24) is 20.2 Å². The maximum absolute atomic E-state index is 12.8. The van der Waals surface area contributed by atoms with E-state index in [2.05, 4.69) is 40.5 Å². The molecule has 7 nitrogen and oxygen atoms in total. The van der Waals surface area contributed by atoms with Crippen LogP contribution in [0.3, 0.4) is 0 Å². The van der Waals surface area contributed by atoms with E-state index >= 15 is 0 Å². The first kappa shape index (κ1) is 25.4. The van der Waals surface area contributed by atoms with Crippen LogP contribution in [0.5, 0.6) is 5.75 Å². The number of nitrogens with zero attached hydrogens (tertiary/aromatic N) is 2. The first-order chi connectivity index (χ1) is 17.5. The highest BCUT2D eigenvalue weighted by Crippen LogP contribution is 2.26. The highest BCUT2D eigenvalue weighted by atomic mass is 32.1. The number of fused-ring (bicyclic) bond motifs is 1. The normalized spacial score (nSPS) is 11.9. The quantitative estimate of drug-likeness (QED) is 0.309. The third kappa shape index (κ3) is 5.94. The number of amides is 2. The Morgan fingerprint density at radius 2 is 1.94 bits per heavy atom. The molecule has 4 aromatic rings. The third-order valence-corrected chi connectivity index (χ3v) is 7.16. The van der Waals surface area contributed by atoms with Crippen LogP contribution >= 0.6 is 11.3 Å². The van der Waals surface area contributed by atoms with Gasteiger partial charge in [0.05, 0.1) is 24.7 Å². The minimum Gasteiger partial charge on any atom is -0.496 e. The van der Waals surface area contributed by atoms with Crippen molar-refractivity contribution in [1.29, 1.82) is 0 Å². The molecule has 2 N–H and O–H groups in total. The van der Waals surface area contributed by atoms with Crippen molar-refractivity contribution in [2.75, 3.05) is 20.2 Å². The molecule has 0 bridgehead atoms. The zero-order chi connectivity index (χ0) is 25.5. The van der Waals surface area contributed by atoms with Crippen molar-refractivity contribution in [3.05, 3.63) is 81.8 Å². The summed E-state index contributed by atoms with van der Waals surface area (Å²) in [6, 6.07) is 17.7. The SMILES string of the molecule is CCC(C)n1c(Cc2cccs2)nc2cc(C(=O)NCC(=O)NCCc3ccccc3OC)ccc21. The van der Waals surface area contributed by atoms with Crippen LogP contribution in [0.25, 0.3) is 11.0 Å². The molecular weight excluding hydrogens is 472 g/mol. The van der Waals surface area contributed by atoms with E-state index in [1.54, 1.807) is 30.6 Å². The molecule has 0 saturated heterocycles. The molecule has 2 heterocycles. The molecule has 2 amide bonds. The number of ether oxygens (including phenoxy) is 1. The lowest BCUT2D eigenvalue weighted by Crippen LogP contribution is -2.37. The summed E-state index contributed by atoms with van der Waals surface area (Å²) in [5.74, 6) is 1.26. The monoisotopic (exact) mass is 504 g/mol. The van der Waals surface area contributed by atoms with Crippen molar-refractivity contribution in [3.63, 3.8) is 0 Å². The van der Waals surface area contributed by atoms with Gasteiger partial charge >= 0.3 is 0 Å². The van der Waals surface area contributed by atoms with Crippen LogP contribution in [-0.2, 0) is 17.6 Å². The highest BCUT2D eigenvalue weighted by Gasteiger charge is 2.17. The number of hydrogen-bond donors (Lipinski definition) is 2. The second-order valence-electron chi connectivity index (χ2n) is 8.71. The Balaban J connectivity index is 1.38. The number of methoxy groups -OCH3 is 1.